The molecule has 0 N–H and O–H groups in total. The summed E-state index contributed by atoms with van der Waals surface area (Å²) in [6.07, 6.45) is 0. The summed E-state index contributed by atoms with van der Waals surface area (Å²) in [5.74, 6) is 0.131. The minimum absolute atomic E-state index is 0.244. The third-order valence-corrected chi connectivity index (χ3v) is 6.80. The normalized spacial score (nSPS) is 14.0. The minimum Gasteiger partial charge on any atom is -0.268 e. The number of hydrogen-bond donors (Lipinski definition) is 0. The smallest absolute Gasteiger partial charge is 0.268 e. The molecule has 0 spiro atoms. The van der Waals surface area contributed by atoms with Crippen molar-refractivity contribution in [1.29, 1.82) is 0 Å². The van der Waals surface area contributed by atoms with E-state index in [-0.39, 0.29) is 11.8 Å². The van der Waals surface area contributed by atoms with Gasteiger partial charge in [-0.2, -0.15) is 0 Å². The molecule has 0 saturated carbocycles. The van der Waals surface area contributed by atoms with Gasteiger partial charge in [0.05, 0.1) is 16.2 Å². The van der Waals surface area contributed by atoms with Gasteiger partial charge in [-0.25, -0.2) is 4.90 Å². The zero-order valence-corrected chi connectivity index (χ0v) is 19.0. The molecule has 0 radical (unpaired) electrons. The second-order valence-electron chi connectivity index (χ2n) is 8.01. The van der Waals surface area contributed by atoms with Crippen molar-refractivity contribution in [2.45, 2.75) is 33.4 Å². The third kappa shape index (κ3) is 4.08. The van der Waals surface area contributed by atoms with E-state index in [1.54, 1.807) is 0 Å². The van der Waals surface area contributed by atoms with Gasteiger partial charge in [0.1, 0.15) is 0 Å². The van der Waals surface area contributed by atoms with Crippen LogP contribution in [-0.2, 0) is 15.3 Å². The number of thioether (sulfide) groups is 1. The molecule has 1 heterocycles. The minimum atomic E-state index is -0.254. The van der Waals surface area contributed by atoms with Crippen LogP contribution in [0.3, 0.4) is 0 Å². The maximum atomic E-state index is 13.6. The zero-order valence-electron chi connectivity index (χ0n) is 18.2. The molecule has 0 saturated heterocycles. The monoisotopic (exact) mass is 427 g/mol. The maximum absolute atomic E-state index is 13.6. The van der Waals surface area contributed by atoms with E-state index >= 15 is 0 Å². The summed E-state index contributed by atoms with van der Waals surface area (Å²) in [6.45, 7) is 8.01. The molecule has 0 aliphatic carbocycles. The SMILES string of the molecule is Cc1ccc(N2C(=O)C(SCc3ccccc3)=C(c3ccc(C)c(C)c3)C2=O)c(C)c1. The number of amides is 2. The van der Waals surface area contributed by atoms with Crippen LogP contribution in [0.25, 0.3) is 5.57 Å². The molecule has 2 amide bonds. The lowest BCUT2D eigenvalue weighted by atomic mass is 10.0. The Hall–Kier alpha value is -3.11. The molecule has 1 aliphatic rings. The van der Waals surface area contributed by atoms with Crippen molar-refractivity contribution in [1.82, 2.24) is 0 Å². The number of imide groups is 1. The third-order valence-electron chi connectivity index (χ3n) is 5.66. The fourth-order valence-electron chi connectivity index (χ4n) is 3.80. The summed E-state index contributed by atoms with van der Waals surface area (Å²) >= 11 is 1.44. The number of carbonyl (C=O) groups is 2. The van der Waals surface area contributed by atoms with Crippen molar-refractivity contribution in [3.05, 3.63) is 105 Å². The second kappa shape index (κ2) is 8.56. The first-order valence-electron chi connectivity index (χ1n) is 10.3. The molecule has 0 aromatic heterocycles. The largest absolute Gasteiger partial charge is 0.272 e. The highest BCUT2D eigenvalue weighted by molar-refractivity contribution is 8.03. The molecule has 0 bridgehead atoms. The highest BCUT2D eigenvalue weighted by atomic mass is 32.2. The molecule has 3 nitrogen and oxygen atoms in total. The molecule has 0 fully saturated rings. The number of aryl methyl sites for hydroxylation is 4. The molecule has 0 unspecified atom stereocenters. The Balaban J connectivity index is 1.79. The topological polar surface area (TPSA) is 37.4 Å². The first kappa shape index (κ1) is 21.1. The van der Waals surface area contributed by atoms with E-state index in [0.717, 1.165) is 33.4 Å². The Morgan fingerprint density at radius 3 is 2.16 bits per heavy atom. The van der Waals surface area contributed by atoms with Crippen LogP contribution < -0.4 is 4.90 Å². The van der Waals surface area contributed by atoms with Crippen LogP contribution in [0.2, 0.25) is 0 Å². The highest BCUT2D eigenvalue weighted by Gasteiger charge is 2.40. The Labute approximate surface area is 187 Å². The van der Waals surface area contributed by atoms with Crippen LogP contribution in [0.5, 0.6) is 0 Å². The van der Waals surface area contributed by atoms with E-state index in [4.69, 9.17) is 0 Å². The molecule has 4 heteroatoms. The van der Waals surface area contributed by atoms with Crippen LogP contribution in [0.1, 0.15) is 33.4 Å². The summed E-state index contributed by atoms with van der Waals surface area (Å²) in [5.41, 5.74) is 7.32. The summed E-state index contributed by atoms with van der Waals surface area (Å²) in [4.78, 5) is 29.0. The van der Waals surface area contributed by atoms with E-state index < -0.39 is 0 Å². The molecule has 31 heavy (non-hydrogen) atoms. The van der Waals surface area contributed by atoms with Gasteiger partial charge in [-0.3, -0.25) is 9.59 Å². The predicted octanol–water partition coefficient (Wildman–Crippen LogP) is 6.14. The average molecular weight is 428 g/mol. The van der Waals surface area contributed by atoms with Gasteiger partial charge in [-0.1, -0.05) is 66.2 Å². The summed E-state index contributed by atoms with van der Waals surface area (Å²) in [6, 6.07) is 21.8. The molecule has 4 rings (SSSR count). The Bertz CT molecular complexity index is 1210. The van der Waals surface area contributed by atoms with Crippen molar-refractivity contribution in [2.75, 3.05) is 4.90 Å². The van der Waals surface area contributed by atoms with E-state index in [1.165, 1.54) is 16.7 Å². The van der Waals surface area contributed by atoms with Gasteiger partial charge in [-0.15, -0.1) is 11.8 Å². The average Bonchev–Trinajstić information content (AvgIpc) is 2.99. The van der Waals surface area contributed by atoms with Crippen LogP contribution in [0, 0.1) is 27.7 Å². The van der Waals surface area contributed by atoms with E-state index in [2.05, 4.69) is 0 Å². The molecule has 1 aliphatic heterocycles. The highest BCUT2D eigenvalue weighted by Crippen LogP contribution is 2.40. The van der Waals surface area contributed by atoms with Crippen molar-refractivity contribution >= 4 is 34.8 Å². The fraction of sp³-hybridized carbons (Fsp3) is 0.185. The first-order valence-corrected chi connectivity index (χ1v) is 11.3. The quantitative estimate of drug-likeness (QED) is 0.459. The van der Waals surface area contributed by atoms with Gasteiger partial charge < -0.3 is 0 Å². The van der Waals surface area contributed by atoms with Gasteiger partial charge in [0.15, 0.2) is 0 Å². The fourth-order valence-corrected chi connectivity index (χ4v) is 4.87. The van der Waals surface area contributed by atoms with Crippen LogP contribution in [-0.4, -0.2) is 11.8 Å². The first-order chi connectivity index (χ1) is 14.9. The van der Waals surface area contributed by atoms with Crippen molar-refractivity contribution in [2.24, 2.45) is 0 Å². The van der Waals surface area contributed by atoms with Crippen molar-refractivity contribution in [3.8, 4) is 0 Å². The molecule has 3 aromatic rings. The lowest BCUT2D eigenvalue weighted by molar-refractivity contribution is -0.119. The van der Waals surface area contributed by atoms with Crippen molar-refractivity contribution in [3.63, 3.8) is 0 Å². The van der Waals surface area contributed by atoms with E-state index in [1.807, 2.05) is 94.4 Å². The summed E-state index contributed by atoms with van der Waals surface area (Å²) in [5, 5.41) is 0. The summed E-state index contributed by atoms with van der Waals surface area (Å²) < 4.78 is 0. The Morgan fingerprint density at radius 2 is 1.48 bits per heavy atom. The Morgan fingerprint density at radius 1 is 0.742 bits per heavy atom. The number of nitrogens with zero attached hydrogens (tertiary/aromatic N) is 1. The van der Waals surface area contributed by atoms with Crippen LogP contribution in [0.4, 0.5) is 5.69 Å². The summed E-state index contributed by atoms with van der Waals surface area (Å²) in [7, 11) is 0. The number of rotatable bonds is 5. The van der Waals surface area contributed by atoms with Gasteiger partial charge in [-0.05, 0) is 61.6 Å². The lowest BCUT2D eigenvalue weighted by Crippen LogP contribution is -2.32. The predicted molar refractivity (Wildman–Crippen MR) is 129 cm³/mol. The molecular formula is C27H25NO2S. The van der Waals surface area contributed by atoms with Crippen LogP contribution in [0.15, 0.2) is 71.6 Å². The zero-order chi connectivity index (χ0) is 22.1. The molecule has 3 aromatic carbocycles. The maximum Gasteiger partial charge on any atom is 0.272 e. The van der Waals surface area contributed by atoms with E-state index in [9.17, 15) is 9.59 Å². The van der Waals surface area contributed by atoms with Gasteiger partial charge >= 0.3 is 0 Å². The lowest BCUT2D eigenvalue weighted by Gasteiger charge is -2.18. The van der Waals surface area contributed by atoms with Gasteiger partial charge in [0.2, 0.25) is 0 Å². The Kier molecular flexibility index (Phi) is 5.84. The van der Waals surface area contributed by atoms with Crippen molar-refractivity contribution < 1.29 is 9.59 Å². The number of benzene rings is 3. The molecule has 156 valence electrons. The number of anilines is 1. The van der Waals surface area contributed by atoms with Gasteiger partial charge in [0, 0.05) is 5.75 Å². The number of carbonyl (C=O) groups excluding carboxylic acids is 2. The number of hydrogen-bond acceptors (Lipinski definition) is 3. The van der Waals surface area contributed by atoms with Gasteiger partial charge in [0.25, 0.3) is 11.8 Å². The molecular weight excluding hydrogens is 402 g/mol. The van der Waals surface area contributed by atoms with E-state index in [0.29, 0.717) is 21.9 Å². The second-order valence-corrected chi connectivity index (χ2v) is 9.00. The van der Waals surface area contributed by atoms with Crippen LogP contribution >= 0.6 is 11.8 Å². The molecule has 0 atom stereocenters. The standard InChI is InChI=1S/C27H25NO2S/c1-17-10-13-23(20(4)14-17)28-26(29)24(22-12-11-18(2)19(3)15-22)25(27(28)30)31-16-21-8-6-5-7-9-21/h5-15H,16H2,1-4H3.